The molecule has 0 bridgehead atoms. The predicted octanol–water partition coefficient (Wildman–Crippen LogP) is 3.06. The quantitative estimate of drug-likeness (QED) is 0.816. The van der Waals surface area contributed by atoms with E-state index in [9.17, 15) is 4.39 Å². The fourth-order valence-electron chi connectivity index (χ4n) is 1.95. The first-order chi connectivity index (χ1) is 6.77. The molecule has 1 saturated heterocycles. The van der Waals surface area contributed by atoms with Crippen LogP contribution in [-0.4, -0.2) is 13.1 Å². The van der Waals surface area contributed by atoms with Gasteiger partial charge >= 0.3 is 0 Å². The molecule has 1 fully saturated rings. The lowest BCUT2D eigenvalue weighted by Gasteiger charge is -2.23. The number of piperidine rings is 1. The van der Waals surface area contributed by atoms with Crippen molar-refractivity contribution in [2.45, 2.75) is 18.8 Å². The van der Waals surface area contributed by atoms with Crippen LogP contribution in [0.5, 0.6) is 0 Å². The average molecular weight is 258 g/mol. The van der Waals surface area contributed by atoms with E-state index in [1.807, 2.05) is 12.1 Å². The standard InChI is InChI=1S/C11H13BrFN/c12-9-3-4-10(11(13)6-9)8-2-1-5-14-7-8/h3-4,6,8,14H,1-2,5,7H2/t8-/m0/s1. The van der Waals surface area contributed by atoms with Crippen LogP contribution >= 0.6 is 15.9 Å². The molecule has 1 aliphatic heterocycles. The smallest absolute Gasteiger partial charge is 0.127 e. The zero-order chi connectivity index (χ0) is 9.97. The molecular formula is C11H13BrFN. The van der Waals surface area contributed by atoms with Gasteiger partial charge in [-0.05, 0) is 43.0 Å². The van der Waals surface area contributed by atoms with Gasteiger partial charge in [0.2, 0.25) is 0 Å². The first-order valence-corrected chi connectivity index (χ1v) is 5.72. The minimum absolute atomic E-state index is 0.0897. The maximum absolute atomic E-state index is 13.6. The molecule has 0 saturated carbocycles. The maximum atomic E-state index is 13.6. The van der Waals surface area contributed by atoms with Crippen LogP contribution in [-0.2, 0) is 0 Å². The Labute approximate surface area is 91.8 Å². The Balaban J connectivity index is 2.22. The molecule has 1 heterocycles. The van der Waals surface area contributed by atoms with Crippen LogP contribution in [0.4, 0.5) is 4.39 Å². The van der Waals surface area contributed by atoms with Crippen molar-refractivity contribution in [3.05, 3.63) is 34.1 Å². The van der Waals surface area contributed by atoms with Gasteiger partial charge in [0.05, 0.1) is 0 Å². The van der Waals surface area contributed by atoms with Crippen molar-refractivity contribution in [1.29, 1.82) is 0 Å². The molecule has 3 heteroatoms. The summed E-state index contributed by atoms with van der Waals surface area (Å²) in [5, 5.41) is 3.30. The highest BCUT2D eigenvalue weighted by atomic mass is 79.9. The van der Waals surface area contributed by atoms with Gasteiger partial charge < -0.3 is 5.32 Å². The number of halogens is 2. The Morgan fingerprint density at radius 2 is 2.29 bits per heavy atom. The molecule has 1 aromatic rings. The van der Waals surface area contributed by atoms with Crippen LogP contribution in [0.2, 0.25) is 0 Å². The van der Waals surface area contributed by atoms with Gasteiger partial charge in [-0.1, -0.05) is 22.0 Å². The molecule has 0 radical (unpaired) electrons. The van der Waals surface area contributed by atoms with E-state index < -0.39 is 0 Å². The summed E-state index contributed by atoms with van der Waals surface area (Å²) in [6.45, 7) is 1.97. The first kappa shape index (κ1) is 10.1. The largest absolute Gasteiger partial charge is 0.316 e. The van der Waals surface area contributed by atoms with Gasteiger partial charge in [-0.2, -0.15) is 0 Å². The Kier molecular flexibility index (Phi) is 3.19. The lowest BCUT2D eigenvalue weighted by Crippen LogP contribution is -2.28. The number of benzene rings is 1. The summed E-state index contributed by atoms with van der Waals surface area (Å²) in [7, 11) is 0. The number of hydrogen-bond donors (Lipinski definition) is 1. The summed E-state index contributed by atoms with van der Waals surface area (Å²) in [6.07, 6.45) is 2.23. The van der Waals surface area contributed by atoms with E-state index in [1.54, 1.807) is 6.07 Å². The minimum atomic E-state index is -0.0897. The highest BCUT2D eigenvalue weighted by Crippen LogP contribution is 2.27. The van der Waals surface area contributed by atoms with Crippen LogP contribution in [0.25, 0.3) is 0 Å². The topological polar surface area (TPSA) is 12.0 Å². The molecule has 76 valence electrons. The molecule has 0 aromatic heterocycles. The first-order valence-electron chi connectivity index (χ1n) is 4.93. The van der Waals surface area contributed by atoms with Crippen LogP contribution in [0.15, 0.2) is 22.7 Å². The highest BCUT2D eigenvalue weighted by Gasteiger charge is 2.18. The Hall–Kier alpha value is -0.410. The van der Waals surface area contributed by atoms with Crippen LogP contribution in [0, 0.1) is 5.82 Å². The van der Waals surface area contributed by atoms with Gasteiger partial charge in [0.1, 0.15) is 5.82 Å². The van der Waals surface area contributed by atoms with Crippen molar-refractivity contribution in [2.24, 2.45) is 0 Å². The molecule has 0 aliphatic carbocycles. The lowest BCUT2D eigenvalue weighted by atomic mass is 9.91. The van der Waals surface area contributed by atoms with Crippen molar-refractivity contribution in [3.8, 4) is 0 Å². The van der Waals surface area contributed by atoms with E-state index in [0.29, 0.717) is 5.92 Å². The molecule has 0 spiro atoms. The molecule has 1 aromatic carbocycles. The summed E-state index contributed by atoms with van der Waals surface area (Å²) in [6, 6.07) is 5.34. The monoisotopic (exact) mass is 257 g/mol. The molecular weight excluding hydrogens is 245 g/mol. The third-order valence-corrected chi connectivity index (χ3v) is 3.19. The van der Waals surface area contributed by atoms with E-state index in [2.05, 4.69) is 21.2 Å². The summed E-state index contributed by atoms with van der Waals surface area (Å²) >= 11 is 3.26. The number of hydrogen-bond acceptors (Lipinski definition) is 1. The van der Waals surface area contributed by atoms with E-state index in [-0.39, 0.29) is 5.82 Å². The maximum Gasteiger partial charge on any atom is 0.127 e. The van der Waals surface area contributed by atoms with E-state index in [4.69, 9.17) is 0 Å². The Morgan fingerprint density at radius 1 is 1.43 bits per heavy atom. The SMILES string of the molecule is Fc1cc(Br)ccc1[C@H]1CCCNC1. The second-order valence-corrected chi connectivity index (χ2v) is 4.62. The van der Waals surface area contributed by atoms with Gasteiger partial charge in [-0.15, -0.1) is 0 Å². The van der Waals surface area contributed by atoms with Crippen LogP contribution in [0.1, 0.15) is 24.3 Å². The molecule has 1 nitrogen and oxygen atoms in total. The van der Waals surface area contributed by atoms with Gasteiger partial charge in [-0.25, -0.2) is 4.39 Å². The summed E-state index contributed by atoms with van der Waals surface area (Å²) in [5.41, 5.74) is 0.848. The molecule has 2 rings (SSSR count). The van der Waals surface area contributed by atoms with E-state index >= 15 is 0 Å². The molecule has 0 amide bonds. The molecule has 1 aliphatic rings. The van der Waals surface area contributed by atoms with Gasteiger partial charge in [-0.3, -0.25) is 0 Å². The Morgan fingerprint density at radius 3 is 2.93 bits per heavy atom. The van der Waals surface area contributed by atoms with Crippen molar-refractivity contribution < 1.29 is 4.39 Å². The summed E-state index contributed by atoms with van der Waals surface area (Å²) in [5.74, 6) is 0.255. The summed E-state index contributed by atoms with van der Waals surface area (Å²) in [4.78, 5) is 0. The second kappa shape index (κ2) is 4.41. The minimum Gasteiger partial charge on any atom is -0.316 e. The van der Waals surface area contributed by atoms with Gasteiger partial charge in [0, 0.05) is 11.0 Å². The molecule has 1 N–H and O–H groups in total. The van der Waals surface area contributed by atoms with Gasteiger partial charge in [0.15, 0.2) is 0 Å². The molecule has 0 unspecified atom stereocenters. The normalized spacial score (nSPS) is 22.3. The highest BCUT2D eigenvalue weighted by molar-refractivity contribution is 9.10. The van der Waals surface area contributed by atoms with Crippen molar-refractivity contribution in [1.82, 2.24) is 5.32 Å². The third-order valence-electron chi connectivity index (χ3n) is 2.70. The van der Waals surface area contributed by atoms with Crippen molar-refractivity contribution >= 4 is 15.9 Å². The number of rotatable bonds is 1. The Bertz CT molecular complexity index is 321. The zero-order valence-electron chi connectivity index (χ0n) is 7.89. The second-order valence-electron chi connectivity index (χ2n) is 3.71. The van der Waals surface area contributed by atoms with E-state index in [1.165, 1.54) is 0 Å². The molecule has 1 atom stereocenters. The predicted molar refractivity (Wildman–Crippen MR) is 58.9 cm³/mol. The van der Waals surface area contributed by atoms with E-state index in [0.717, 1.165) is 36.0 Å². The average Bonchev–Trinajstić information content (AvgIpc) is 2.19. The van der Waals surface area contributed by atoms with Gasteiger partial charge in [0.25, 0.3) is 0 Å². The fraction of sp³-hybridized carbons (Fsp3) is 0.455. The third kappa shape index (κ3) is 2.15. The fourth-order valence-corrected chi connectivity index (χ4v) is 2.28. The lowest BCUT2D eigenvalue weighted by molar-refractivity contribution is 0.446. The molecule has 14 heavy (non-hydrogen) atoms. The van der Waals surface area contributed by atoms with Crippen LogP contribution in [0.3, 0.4) is 0 Å². The van der Waals surface area contributed by atoms with Crippen molar-refractivity contribution in [2.75, 3.05) is 13.1 Å². The van der Waals surface area contributed by atoms with Crippen LogP contribution < -0.4 is 5.32 Å². The number of nitrogens with one attached hydrogen (secondary N) is 1. The zero-order valence-corrected chi connectivity index (χ0v) is 9.48. The van der Waals surface area contributed by atoms with Crippen molar-refractivity contribution in [3.63, 3.8) is 0 Å². The summed E-state index contributed by atoms with van der Waals surface area (Å²) < 4.78 is 14.4.